The van der Waals surface area contributed by atoms with Crippen molar-refractivity contribution < 1.29 is 22.3 Å². The fraction of sp³-hybridized carbons (Fsp3) is 0.350. The molecule has 9 heteroatoms. The Morgan fingerprint density at radius 1 is 1.24 bits per heavy atom. The topological polar surface area (TPSA) is 75.7 Å². The van der Waals surface area contributed by atoms with E-state index in [1.807, 2.05) is 0 Å². The lowest BCUT2D eigenvalue weighted by molar-refractivity contribution is -0.122. The van der Waals surface area contributed by atoms with Gasteiger partial charge in [-0.25, -0.2) is 12.8 Å². The first-order valence-electron chi connectivity index (χ1n) is 8.97. The van der Waals surface area contributed by atoms with E-state index in [1.165, 1.54) is 31.4 Å². The molecule has 0 spiro atoms. The SMILES string of the molecule is CC[C@H](C(=O)N[C@H](C)c1ccc(F)cc1)N(c1ccc(OC)c(Cl)c1)S(C)(=O)=O. The highest BCUT2D eigenvalue weighted by atomic mass is 35.5. The predicted octanol–water partition coefficient (Wildman–Crippen LogP) is 3.91. The number of halogens is 2. The largest absolute Gasteiger partial charge is 0.495 e. The van der Waals surface area contributed by atoms with Crippen molar-refractivity contribution in [2.24, 2.45) is 0 Å². The summed E-state index contributed by atoms with van der Waals surface area (Å²) in [6.07, 6.45) is 1.27. The van der Waals surface area contributed by atoms with Crippen LogP contribution in [0.25, 0.3) is 0 Å². The second-order valence-electron chi connectivity index (χ2n) is 6.58. The van der Waals surface area contributed by atoms with Crippen molar-refractivity contribution in [3.8, 4) is 5.75 Å². The highest BCUT2D eigenvalue weighted by Gasteiger charge is 2.32. The number of benzene rings is 2. The number of amides is 1. The summed E-state index contributed by atoms with van der Waals surface area (Å²) in [6.45, 7) is 3.46. The monoisotopic (exact) mass is 442 g/mol. The van der Waals surface area contributed by atoms with Gasteiger partial charge in [0.15, 0.2) is 0 Å². The van der Waals surface area contributed by atoms with Crippen molar-refractivity contribution in [3.05, 3.63) is 58.9 Å². The third-order valence-corrected chi connectivity index (χ3v) is 5.92. The van der Waals surface area contributed by atoms with Crippen LogP contribution >= 0.6 is 11.6 Å². The van der Waals surface area contributed by atoms with E-state index in [0.29, 0.717) is 11.3 Å². The van der Waals surface area contributed by atoms with Crippen molar-refractivity contribution in [2.75, 3.05) is 17.7 Å². The number of nitrogens with one attached hydrogen (secondary N) is 1. The standard InChI is InChI=1S/C20H24ClFN2O4S/c1-5-18(20(25)23-13(2)14-6-8-15(22)9-7-14)24(29(4,26)27)16-10-11-19(28-3)17(21)12-16/h6-13,18H,5H2,1-4H3,(H,23,25)/t13-,18-/m1/s1. The minimum atomic E-state index is -3.79. The summed E-state index contributed by atoms with van der Waals surface area (Å²) < 4.78 is 44.3. The second kappa shape index (κ2) is 9.45. The van der Waals surface area contributed by atoms with Gasteiger partial charge in [0, 0.05) is 0 Å². The van der Waals surface area contributed by atoms with E-state index in [9.17, 15) is 17.6 Å². The van der Waals surface area contributed by atoms with Crippen molar-refractivity contribution >= 4 is 33.2 Å². The van der Waals surface area contributed by atoms with Gasteiger partial charge in [0.1, 0.15) is 17.6 Å². The Morgan fingerprint density at radius 2 is 1.86 bits per heavy atom. The van der Waals surface area contributed by atoms with E-state index >= 15 is 0 Å². The highest BCUT2D eigenvalue weighted by Crippen LogP contribution is 2.32. The summed E-state index contributed by atoms with van der Waals surface area (Å²) >= 11 is 6.15. The summed E-state index contributed by atoms with van der Waals surface area (Å²) in [7, 11) is -2.34. The Hall–Kier alpha value is -2.32. The van der Waals surface area contributed by atoms with Crippen LogP contribution in [0.15, 0.2) is 42.5 Å². The molecule has 0 saturated heterocycles. The number of ether oxygens (including phenoxy) is 1. The third-order valence-electron chi connectivity index (χ3n) is 4.45. The van der Waals surface area contributed by atoms with Crippen LogP contribution in [0, 0.1) is 5.82 Å². The molecule has 158 valence electrons. The summed E-state index contributed by atoms with van der Waals surface area (Å²) in [5.74, 6) is -0.452. The predicted molar refractivity (Wildman–Crippen MR) is 112 cm³/mol. The molecule has 2 rings (SSSR count). The van der Waals surface area contributed by atoms with Gasteiger partial charge in [-0.05, 0) is 49.2 Å². The molecular formula is C20H24ClFN2O4S. The van der Waals surface area contributed by atoms with Gasteiger partial charge in [-0.1, -0.05) is 30.7 Å². The lowest BCUT2D eigenvalue weighted by atomic mass is 10.1. The van der Waals surface area contributed by atoms with E-state index in [0.717, 1.165) is 10.6 Å². The third kappa shape index (κ3) is 5.61. The molecule has 29 heavy (non-hydrogen) atoms. The van der Waals surface area contributed by atoms with Gasteiger partial charge in [0.05, 0.1) is 30.1 Å². The second-order valence-corrected chi connectivity index (χ2v) is 8.85. The number of hydrogen-bond donors (Lipinski definition) is 1. The van der Waals surface area contributed by atoms with Gasteiger partial charge < -0.3 is 10.1 Å². The molecule has 2 aromatic carbocycles. The van der Waals surface area contributed by atoms with Crippen LogP contribution in [0.4, 0.5) is 10.1 Å². The number of nitrogens with zero attached hydrogens (tertiary/aromatic N) is 1. The molecule has 6 nitrogen and oxygen atoms in total. The average Bonchev–Trinajstić information content (AvgIpc) is 2.65. The first-order valence-corrected chi connectivity index (χ1v) is 11.2. The van der Waals surface area contributed by atoms with Crippen LogP contribution < -0.4 is 14.4 Å². The first kappa shape index (κ1) is 23.0. The van der Waals surface area contributed by atoms with E-state index < -0.39 is 28.0 Å². The number of sulfonamides is 1. The molecule has 0 unspecified atom stereocenters. The van der Waals surface area contributed by atoms with Gasteiger partial charge in [-0.15, -0.1) is 0 Å². The fourth-order valence-electron chi connectivity index (χ4n) is 3.00. The fourth-order valence-corrected chi connectivity index (χ4v) is 4.45. The van der Waals surface area contributed by atoms with Crippen LogP contribution in [0.5, 0.6) is 5.75 Å². The number of rotatable bonds is 8. The zero-order chi connectivity index (χ0) is 21.8. The van der Waals surface area contributed by atoms with Crippen molar-refractivity contribution in [1.82, 2.24) is 5.32 Å². The quantitative estimate of drug-likeness (QED) is 0.672. The molecule has 0 saturated carbocycles. The molecule has 0 aromatic heterocycles. The first-order chi connectivity index (χ1) is 13.6. The van der Waals surface area contributed by atoms with Crippen molar-refractivity contribution in [1.29, 1.82) is 0 Å². The normalized spacial score (nSPS) is 13.4. The smallest absolute Gasteiger partial charge is 0.244 e. The van der Waals surface area contributed by atoms with Crippen molar-refractivity contribution in [3.63, 3.8) is 0 Å². The van der Waals surface area contributed by atoms with Crippen LogP contribution in [0.3, 0.4) is 0 Å². The summed E-state index contributed by atoms with van der Waals surface area (Å²) in [6, 6.07) is 8.84. The molecule has 0 heterocycles. The van der Waals surface area contributed by atoms with Crippen LogP contribution in [0.2, 0.25) is 5.02 Å². The Labute approximate surface area is 175 Å². The van der Waals surface area contributed by atoms with E-state index in [2.05, 4.69) is 5.32 Å². The Kier molecular flexibility index (Phi) is 7.48. The van der Waals surface area contributed by atoms with Crippen molar-refractivity contribution in [2.45, 2.75) is 32.4 Å². The van der Waals surface area contributed by atoms with Gasteiger partial charge in [0.25, 0.3) is 0 Å². The molecule has 2 aromatic rings. The molecule has 0 aliphatic rings. The van der Waals surface area contributed by atoms with E-state index in [-0.39, 0.29) is 22.9 Å². The number of anilines is 1. The molecule has 2 atom stereocenters. The van der Waals surface area contributed by atoms with E-state index in [4.69, 9.17) is 16.3 Å². The molecular weight excluding hydrogens is 419 g/mol. The van der Waals surface area contributed by atoms with Crippen LogP contribution in [-0.2, 0) is 14.8 Å². The van der Waals surface area contributed by atoms with Gasteiger partial charge in [0.2, 0.25) is 15.9 Å². The number of methoxy groups -OCH3 is 1. The minimum absolute atomic E-state index is 0.230. The lowest BCUT2D eigenvalue weighted by Crippen LogP contribution is -2.49. The number of carbonyl (C=O) groups excluding carboxylic acids is 1. The lowest BCUT2D eigenvalue weighted by Gasteiger charge is -2.31. The van der Waals surface area contributed by atoms with Gasteiger partial charge >= 0.3 is 0 Å². The molecule has 0 fully saturated rings. The Balaban J connectivity index is 2.34. The Bertz CT molecular complexity index is 967. The number of carbonyl (C=O) groups is 1. The summed E-state index contributed by atoms with van der Waals surface area (Å²) in [4.78, 5) is 12.9. The number of hydrogen-bond acceptors (Lipinski definition) is 4. The molecule has 0 aliphatic heterocycles. The summed E-state index contributed by atoms with van der Waals surface area (Å²) in [5, 5.41) is 3.03. The maximum Gasteiger partial charge on any atom is 0.244 e. The average molecular weight is 443 g/mol. The molecule has 0 bridgehead atoms. The van der Waals surface area contributed by atoms with E-state index in [1.54, 1.807) is 32.0 Å². The maximum absolute atomic E-state index is 13.1. The van der Waals surface area contributed by atoms with Crippen LogP contribution in [0.1, 0.15) is 31.9 Å². The highest BCUT2D eigenvalue weighted by molar-refractivity contribution is 7.92. The molecule has 1 N–H and O–H groups in total. The molecule has 0 radical (unpaired) electrons. The summed E-state index contributed by atoms with van der Waals surface area (Å²) in [5.41, 5.74) is 0.961. The Morgan fingerprint density at radius 3 is 2.34 bits per heavy atom. The molecule has 1 amide bonds. The maximum atomic E-state index is 13.1. The minimum Gasteiger partial charge on any atom is -0.495 e. The van der Waals surface area contributed by atoms with Crippen LogP contribution in [-0.4, -0.2) is 33.7 Å². The zero-order valence-electron chi connectivity index (χ0n) is 16.6. The van der Waals surface area contributed by atoms with Gasteiger partial charge in [-0.3, -0.25) is 9.10 Å². The van der Waals surface area contributed by atoms with Gasteiger partial charge in [-0.2, -0.15) is 0 Å². The molecule has 0 aliphatic carbocycles. The zero-order valence-corrected chi connectivity index (χ0v) is 18.2.